The maximum Gasteiger partial charge on any atom is 0.306 e. The average molecular weight is 431 g/mol. The molecule has 1 atom stereocenters. The number of thiophene rings is 1. The quantitative estimate of drug-likeness (QED) is 0.671. The third kappa shape index (κ3) is 3.95. The largest absolute Gasteiger partial charge is 0.490 e. The number of fused-ring (bicyclic) bond motifs is 3. The number of aromatic nitrogens is 1. The molecule has 0 N–H and O–H groups in total. The number of ether oxygens (including phenoxy) is 3. The minimum atomic E-state index is -0.139. The van der Waals surface area contributed by atoms with E-state index in [9.17, 15) is 4.79 Å². The summed E-state index contributed by atoms with van der Waals surface area (Å²) in [6, 6.07) is 2.68. The highest BCUT2D eigenvalue weighted by molar-refractivity contribution is 7.19. The lowest BCUT2D eigenvalue weighted by Crippen LogP contribution is -2.46. The van der Waals surface area contributed by atoms with E-state index in [0.717, 1.165) is 68.0 Å². The molecular formula is C23H30N2O4S. The molecule has 30 heavy (non-hydrogen) atoms. The molecule has 1 aliphatic heterocycles. The fourth-order valence-corrected chi connectivity index (χ4v) is 6.62. The summed E-state index contributed by atoms with van der Waals surface area (Å²) in [7, 11) is 1.47. The molecule has 3 aliphatic rings. The summed E-state index contributed by atoms with van der Waals surface area (Å²) in [5.41, 5.74) is 1.28. The molecule has 1 saturated carbocycles. The zero-order valence-electron chi connectivity index (χ0n) is 17.6. The number of nitrogens with zero attached hydrogens (tertiary/aromatic N) is 2. The van der Waals surface area contributed by atoms with E-state index in [1.165, 1.54) is 30.4 Å². The molecule has 0 amide bonds. The lowest BCUT2D eigenvalue weighted by atomic mass is 9.91. The first-order valence-electron chi connectivity index (χ1n) is 11.2. The molecule has 7 heteroatoms. The van der Waals surface area contributed by atoms with Gasteiger partial charge in [-0.2, -0.15) is 0 Å². The Bertz CT molecular complexity index is 900. The molecule has 162 valence electrons. The van der Waals surface area contributed by atoms with Gasteiger partial charge in [-0.05, 0) is 56.1 Å². The number of hydrogen-bond acceptors (Lipinski definition) is 7. The van der Waals surface area contributed by atoms with E-state index in [1.54, 1.807) is 11.3 Å². The van der Waals surface area contributed by atoms with Crippen LogP contribution in [0.3, 0.4) is 0 Å². The van der Waals surface area contributed by atoms with Crippen molar-refractivity contribution in [3.05, 3.63) is 22.7 Å². The smallest absolute Gasteiger partial charge is 0.306 e. The first-order chi connectivity index (χ1) is 14.7. The van der Waals surface area contributed by atoms with Gasteiger partial charge < -0.3 is 14.2 Å². The summed E-state index contributed by atoms with van der Waals surface area (Å²) in [5.74, 6) is 1.02. The normalized spacial score (nSPS) is 27.2. The van der Waals surface area contributed by atoms with Crippen molar-refractivity contribution < 1.29 is 19.0 Å². The second kappa shape index (κ2) is 8.81. The van der Waals surface area contributed by atoms with Crippen LogP contribution < -0.4 is 4.74 Å². The van der Waals surface area contributed by atoms with Gasteiger partial charge in [-0.25, -0.2) is 4.98 Å². The van der Waals surface area contributed by atoms with E-state index < -0.39 is 0 Å². The van der Waals surface area contributed by atoms with Crippen LogP contribution in [0.25, 0.3) is 10.2 Å². The average Bonchev–Trinajstić information content (AvgIpc) is 3.35. The van der Waals surface area contributed by atoms with Gasteiger partial charge in [-0.15, -0.1) is 11.3 Å². The molecule has 0 spiro atoms. The lowest BCUT2D eigenvalue weighted by Gasteiger charge is -2.38. The van der Waals surface area contributed by atoms with E-state index in [1.807, 2.05) is 12.3 Å². The molecule has 5 rings (SSSR count). The van der Waals surface area contributed by atoms with Crippen molar-refractivity contribution in [2.24, 2.45) is 0 Å². The Hall–Kier alpha value is -1.70. The minimum Gasteiger partial charge on any atom is -0.490 e. The maximum absolute atomic E-state index is 11.9. The predicted molar refractivity (Wildman–Crippen MR) is 116 cm³/mol. The standard InChI is InChI=1S/C23H30N2O4S/c1-27-20(26)14-15-2-7-19-21(15)22-18(8-9-24-23(22)30-19)29-17-5-3-16(4-6-17)25-10-12-28-13-11-25/h8-9,15-17H,2-7,10-14H2,1H3/t15-,16-,17-/m1/s1. The second-order valence-corrected chi connectivity index (χ2v) is 9.72. The molecule has 2 aliphatic carbocycles. The monoisotopic (exact) mass is 430 g/mol. The molecule has 3 heterocycles. The SMILES string of the molecule is COC(=O)C[C@H]1CCc2sc3nccc(O[C@H]4CC[C@H](N5CCOCC5)CC4)c3c21. The predicted octanol–water partition coefficient (Wildman–Crippen LogP) is 3.91. The molecule has 2 fully saturated rings. The highest BCUT2D eigenvalue weighted by Gasteiger charge is 2.32. The molecule has 0 unspecified atom stereocenters. The van der Waals surface area contributed by atoms with Crippen molar-refractivity contribution in [3.63, 3.8) is 0 Å². The van der Waals surface area contributed by atoms with E-state index in [-0.39, 0.29) is 18.0 Å². The number of morpholine rings is 1. The summed E-state index contributed by atoms with van der Waals surface area (Å²) in [4.78, 5) is 21.5. The van der Waals surface area contributed by atoms with Gasteiger partial charge in [-0.3, -0.25) is 9.69 Å². The summed E-state index contributed by atoms with van der Waals surface area (Å²) in [6.45, 7) is 3.84. The molecule has 1 saturated heterocycles. The van der Waals surface area contributed by atoms with Gasteiger partial charge in [0.1, 0.15) is 10.6 Å². The highest BCUT2D eigenvalue weighted by Crippen LogP contribution is 2.48. The Balaban J connectivity index is 1.31. The van der Waals surface area contributed by atoms with Gasteiger partial charge in [0.05, 0.1) is 38.2 Å². The van der Waals surface area contributed by atoms with Crippen LogP contribution in [0.4, 0.5) is 0 Å². The first kappa shape index (κ1) is 20.2. The third-order valence-corrected chi connectivity index (χ3v) is 8.11. The van der Waals surface area contributed by atoms with Crippen LogP contribution in [-0.2, 0) is 20.7 Å². The summed E-state index contributed by atoms with van der Waals surface area (Å²) < 4.78 is 17.0. The van der Waals surface area contributed by atoms with Gasteiger partial charge in [0.15, 0.2) is 0 Å². The number of esters is 1. The summed E-state index contributed by atoms with van der Waals surface area (Å²) >= 11 is 1.76. The Kier molecular flexibility index (Phi) is 5.94. The number of carbonyl (C=O) groups excluding carboxylic acids is 1. The van der Waals surface area contributed by atoms with Crippen molar-refractivity contribution in [1.82, 2.24) is 9.88 Å². The number of carbonyl (C=O) groups is 1. The van der Waals surface area contributed by atoms with E-state index in [2.05, 4.69) is 9.88 Å². The zero-order chi connectivity index (χ0) is 20.5. The summed E-state index contributed by atoms with van der Waals surface area (Å²) in [5, 5.41) is 1.14. The zero-order valence-corrected chi connectivity index (χ0v) is 18.4. The Labute approximate surface area is 181 Å². The number of hydrogen-bond donors (Lipinski definition) is 0. The Morgan fingerprint density at radius 2 is 2.03 bits per heavy atom. The summed E-state index contributed by atoms with van der Waals surface area (Å²) in [6.07, 6.45) is 9.12. The molecule has 2 aromatic heterocycles. The number of aryl methyl sites for hydroxylation is 1. The van der Waals surface area contributed by atoms with Crippen LogP contribution >= 0.6 is 11.3 Å². The van der Waals surface area contributed by atoms with Crippen molar-refractivity contribution in [1.29, 1.82) is 0 Å². The van der Waals surface area contributed by atoms with Crippen LogP contribution in [0.5, 0.6) is 5.75 Å². The first-order valence-corrected chi connectivity index (χ1v) is 12.0. The van der Waals surface area contributed by atoms with Gasteiger partial charge in [-0.1, -0.05) is 0 Å². The molecule has 0 bridgehead atoms. The highest BCUT2D eigenvalue weighted by atomic mass is 32.1. The maximum atomic E-state index is 11.9. The van der Waals surface area contributed by atoms with Crippen LogP contribution in [-0.4, -0.2) is 61.4 Å². The van der Waals surface area contributed by atoms with E-state index >= 15 is 0 Å². The van der Waals surface area contributed by atoms with Crippen LogP contribution in [0.2, 0.25) is 0 Å². The fraction of sp³-hybridized carbons (Fsp3) is 0.652. The van der Waals surface area contributed by atoms with Crippen molar-refractivity contribution in [2.45, 2.75) is 63.0 Å². The number of rotatable bonds is 5. The van der Waals surface area contributed by atoms with E-state index in [0.29, 0.717) is 12.5 Å². The molecule has 0 radical (unpaired) electrons. The lowest BCUT2D eigenvalue weighted by molar-refractivity contribution is -0.141. The van der Waals surface area contributed by atoms with Gasteiger partial charge >= 0.3 is 5.97 Å². The topological polar surface area (TPSA) is 60.9 Å². The van der Waals surface area contributed by atoms with Crippen LogP contribution in [0.1, 0.15) is 54.9 Å². The van der Waals surface area contributed by atoms with Gasteiger partial charge in [0.25, 0.3) is 0 Å². The van der Waals surface area contributed by atoms with E-state index in [4.69, 9.17) is 14.2 Å². The Morgan fingerprint density at radius 3 is 2.80 bits per heavy atom. The third-order valence-electron chi connectivity index (χ3n) is 6.94. The van der Waals surface area contributed by atoms with Crippen LogP contribution in [0, 0.1) is 0 Å². The number of methoxy groups -OCH3 is 1. The van der Waals surface area contributed by atoms with Gasteiger partial charge in [0, 0.05) is 30.2 Å². The van der Waals surface area contributed by atoms with Crippen LogP contribution in [0.15, 0.2) is 12.3 Å². The molecular weight excluding hydrogens is 400 g/mol. The molecule has 6 nitrogen and oxygen atoms in total. The number of pyridine rings is 1. The molecule has 0 aromatic carbocycles. The Morgan fingerprint density at radius 1 is 1.23 bits per heavy atom. The second-order valence-electron chi connectivity index (χ2n) is 8.64. The van der Waals surface area contributed by atoms with Crippen molar-refractivity contribution >= 4 is 27.5 Å². The minimum absolute atomic E-state index is 0.139. The van der Waals surface area contributed by atoms with Gasteiger partial charge in [0.2, 0.25) is 0 Å². The van der Waals surface area contributed by atoms with Crippen molar-refractivity contribution in [2.75, 3.05) is 33.4 Å². The molecule has 2 aromatic rings. The van der Waals surface area contributed by atoms with Crippen molar-refractivity contribution in [3.8, 4) is 5.75 Å². The fourth-order valence-electron chi connectivity index (χ4n) is 5.37.